The molecule has 0 fully saturated rings. The number of ketones is 1. The Hall–Kier alpha value is -1.20. The quantitative estimate of drug-likeness (QED) is 0.616. The lowest BCUT2D eigenvalue weighted by Crippen LogP contribution is -2.15. The monoisotopic (exact) mass is 306 g/mol. The summed E-state index contributed by atoms with van der Waals surface area (Å²) in [6.07, 6.45) is 0.830. The van der Waals surface area contributed by atoms with E-state index in [0.29, 0.717) is 0 Å². The summed E-state index contributed by atoms with van der Waals surface area (Å²) in [6, 6.07) is 5.99. The van der Waals surface area contributed by atoms with Gasteiger partial charge in [-0.3, -0.25) is 4.79 Å². The predicted molar refractivity (Wildman–Crippen MR) is 84.9 cm³/mol. The van der Waals surface area contributed by atoms with Crippen molar-refractivity contribution in [1.82, 2.24) is 9.36 Å². The number of rotatable bonds is 5. The fourth-order valence-electron chi connectivity index (χ4n) is 1.85. The van der Waals surface area contributed by atoms with Crippen molar-refractivity contribution >= 4 is 29.1 Å². The van der Waals surface area contributed by atoms with Crippen LogP contribution in [0.5, 0.6) is 0 Å². The molecule has 2 rings (SSSR count). The number of carbonyl (C=O) groups is 1. The summed E-state index contributed by atoms with van der Waals surface area (Å²) in [5.41, 5.74) is 2.95. The third-order valence-corrected chi connectivity index (χ3v) is 4.99. The Morgan fingerprint density at radius 3 is 2.80 bits per heavy atom. The van der Waals surface area contributed by atoms with E-state index in [1.807, 2.05) is 45.9 Å². The molecule has 1 unspecified atom stereocenters. The second-order valence-corrected chi connectivity index (χ2v) is 7.11. The highest BCUT2D eigenvalue weighted by Crippen LogP contribution is 2.28. The largest absolute Gasteiger partial charge is 0.293 e. The van der Waals surface area contributed by atoms with Gasteiger partial charge in [0.1, 0.15) is 5.82 Å². The number of hydrogen-bond acceptors (Lipinski definition) is 5. The van der Waals surface area contributed by atoms with Crippen LogP contribution in [0.4, 0.5) is 0 Å². The first-order chi connectivity index (χ1) is 9.51. The van der Waals surface area contributed by atoms with Crippen LogP contribution in [0.3, 0.4) is 0 Å². The van der Waals surface area contributed by atoms with Crippen molar-refractivity contribution in [2.75, 3.05) is 0 Å². The van der Waals surface area contributed by atoms with Crippen molar-refractivity contribution in [3.8, 4) is 0 Å². The SMILES string of the molecule is CCc1nsc(SC(C)C(=O)c2cc(C)ccc2C)n1. The van der Waals surface area contributed by atoms with E-state index < -0.39 is 0 Å². The molecule has 1 aromatic heterocycles. The van der Waals surface area contributed by atoms with Gasteiger partial charge in [0.15, 0.2) is 10.1 Å². The number of hydrogen-bond donors (Lipinski definition) is 0. The maximum atomic E-state index is 12.5. The molecule has 0 radical (unpaired) electrons. The van der Waals surface area contributed by atoms with Gasteiger partial charge in [0.05, 0.1) is 5.25 Å². The second kappa shape index (κ2) is 6.50. The Kier molecular flexibility index (Phi) is 4.94. The number of aryl methyl sites for hydroxylation is 3. The molecule has 1 atom stereocenters. The average Bonchev–Trinajstić information content (AvgIpc) is 2.88. The normalized spacial score (nSPS) is 12.4. The van der Waals surface area contributed by atoms with Crippen LogP contribution < -0.4 is 0 Å². The summed E-state index contributed by atoms with van der Waals surface area (Å²) in [5.74, 6) is 1.01. The Morgan fingerprint density at radius 1 is 1.40 bits per heavy atom. The third-order valence-electron chi connectivity index (χ3n) is 3.07. The molecule has 0 aliphatic carbocycles. The van der Waals surface area contributed by atoms with Crippen molar-refractivity contribution in [3.63, 3.8) is 0 Å². The fraction of sp³-hybridized carbons (Fsp3) is 0.400. The van der Waals surface area contributed by atoms with E-state index in [0.717, 1.165) is 33.3 Å². The van der Waals surface area contributed by atoms with E-state index in [1.54, 1.807) is 0 Å². The van der Waals surface area contributed by atoms with Gasteiger partial charge < -0.3 is 0 Å². The van der Waals surface area contributed by atoms with Crippen molar-refractivity contribution in [2.45, 2.75) is 43.7 Å². The summed E-state index contributed by atoms with van der Waals surface area (Å²) < 4.78 is 5.12. The van der Waals surface area contributed by atoms with E-state index in [-0.39, 0.29) is 11.0 Å². The summed E-state index contributed by atoms with van der Waals surface area (Å²) in [5, 5.41) is -0.145. The molecule has 0 amide bonds. The van der Waals surface area contributed by atoms with Crippen LogP contribution in [0, 0.1) is 13.8 Å². The van der Waals surface area contributed by atoms with Gasteiger partial charge >= 0.3 is 0 Å². The molecule has 0 spiro atoms. The zero-order valence-electron chi connectivity index (χ0n) is 12.1. The lowest BCUT2D eigenvalue weighted by molar-refractivity contribution is 0.0993. The molecule has 0 N–H and O–H groups in total. The minimum atomic E-state index is -0.145. The highest BCUT2D eigenvalue weighted by Gasteiger charge is 2.20. The molecular weight excluding hydrogens is 288 g/mol. The Bertz CT molecular complexity index is 622. The van der Waals surface area contributed by atoms with Crippen molar-refractivity contribution in [3.05, 3.63) is 40.7 Å². The predicted octanol–water partition coefficient (Wildman–Crippen LogP) is 4.08. The molecule has 5 heteroatoms. The Balaban J connectivity index is 2.14. The van der Waals surface area contributed by atoms with Crippen LogP contribution in [0.1, 0.15) is 41.2 Å². The van der Waals surface area contributed by atoms with Crippen molar-refractivity contribution in [1.29, 1.82) is 0 Å². The van der Waals surface area contributed by atoms with Gasteiger partial charge in [0, 0.05) is 12.0 Å². The van der Waals surface area contributed by atoms with Gasteiger partial charge in [-0.15, -0.1) is 0 Å². The number of aromatic nitrogens is 2. The van der Waals surface area contributed by atoms with Gasteiger partial charge in [-0.05, 0) is 43.9 Å². The Labute approximate surface area is 128 Å². The topological polar surface area (TPSA) is 42.9 Å². The molecule has 0 bridgehead atoms. The minimum absolute atomic E-state index is 0.145. The van der Waals surface area contributed by atoms with Crippen LogP contribution in [-0.2, 0) is 6.42 Å². The summed E-state index contributed by atoms with van der Waals surface area (Å²) >= 11 is 2.86. The minimum Gasteiger partial charge on any atom is -0.293 e. The van der Waals surface area contributed by atoms with Crippen molar-refractivity contribution < 1.29 is 4.79 Å². The first-order valence-electron chi connectivity index (χ1n) is 6.62. The van der Waals surface area contributed by atoms with Crippen LogP contribution >= 0.6 is 23.3 Å². The van der Waals surface area contributed by atoms with Crippen LogP contribution in [0.2, 0.25) is 0 Å². The molecule has 0 aliphatic rings. The molecule has 2 aromatic rings. The highest BCUT2D eigenvalue weighted by atomic mass is 32.2. The van der Waals surface area contributed by atoms with E-state index in [1.165, 1.54) is 23.3 Å². The van der Waals surface area contributed by atoms with Gasteiger partial charge in [-0.2, -0.15) is 4.37 Å². The number of benzene rings is 1. The second-order valence-electron chi connectivity index (χ2n) is 4.77. The molecule has 0 saturated carbocycles. The zero-order chi connectivity index (χ0) is 14.7. The third kappa shape index (κ3) is 3.46. The zero-order valence-corrected chi connectivity index (χ0v) is 13.8. The van der Waals surface area contributed by atoms with Crippen molar-refractivity contribution in [2.24, 2.45) is 0 Å². The summed E-state index contributed by atoms with van der Waals surface area (Å²) in [7, 11) is 0. The average molecular weight is 306 g/mol. The first kappa shape index (κ1) is 15.2. The van der Waals surface area contributed by atoms with E-state index in [4.69, 9.17) is 0 Å². The van der Waals surface area contributed by atoms with Gasteiger partial charge in [0.25, 0.3) is 0 Å². The molecular formula is C15H18N2OS2. The standard InChI is InChI=1S/C15H18N2OS2/c1-5-13-16-15(20-17-13)19-11(4)14(18)12-8-9(2)6-7-10(12)3/h6-8,11H,5H2,1-4H3. The first-order valence-corrected chi connectivity index (χ1v) is 8.27. The van der Waals surface area contributed by atoms with Gasteiger partial charge in [-0.25, -0.2) is 4.98 Å². The maximum absolute atomic E-state index is 12.5. The highest BCUT2D eigenvalue weighted by molar-refractivity contribution is 8.02. The number of Topliss-reactive ketones (excluding diaryl/α,β-unsaturated/α-hetero) is 1. The van der Waals surface area contributed by atoms with E-state index in [9.17, 15) is 4.79 Å². The molecule has 3 nitrogen and oxygen atoms in total. The molecule has 0 saturated heterocycles. The number of carbonyl (C=O) groups excluding carboxylic acids is 1. The van der Waals surface area contributed by atoms with Gasteiger partial charge in [-0.1, -0.05) is 36.4 Å². The molecule has 1 heterocycles. The molecule has 106 valence electrons. The Morgan fingerprint density at radius 2 is 2.15 bits per heavy atom. The number of thioether (sulfide) groups is 1. The smallest absolute Gasteiger partial charge is 0.176 e. The van der Waals surface area contributed by atoms with E-state index >= 15 is 0 Å². The number of nitrogens with zero attached hydrogens (tertiary/aromatic N) is 2. The molecule has 20 heavy (non-hydrogen) atoms. The maximum Gasteiger partial charge on any atom is 0.176 e. The molecule has 1 aromatic carbocycles. The van der Waals surface area contributed by atoms with Crippen LogP contribution in [0.25, 0.3) is 0 Å². The van der Waals surface area contributed by atoms with Crippen LogP contribution in [0.15, 0.2) is 22.5 Å². The van der Waals surface area contributed by atoms with Crippen LogP contribution in [-0.4, -0.2) is 20.4 Å². The van der Waals surface area contributed by atoms with Gasteiger partial charge in [0.2, 0.25) is 0 Å². The summed E-state index contributed by atoms with van der Waals surface area (Å²) in [4.78, 5) is 16.9. The fourth-order valence-corrected chi connectivity index (χ4v) is 3.77. The molecule has 0 aliphatic heterocycles. The lowest BCUT2D eigenvalue weighted by atomic mass is 10.0. The summed E-state index contributed by atoms with van der Waals surface area (Å²) in [6.45, 7) is 7.94. The van der Waals surface area contributed by atoms with E-state index in [2.05, 4.69) is 9.36 Å². The lowest BCUT2D eigenvalue weighted by Gasteiger charge is -2.11.